The maximum atomic E-state index is 11.5. The highest BCUT2D eigenvalue weighted by Gasteiger charge is 2.18. The molecule has 0 aliphatic rings. The average Bonchev–Trinajstić information content (AvgIpc) is 2.79. The third-order valence-corrected chi connectivity index (χ3v) is 3.45. The molecule has 0 saturated carbocycles. The summed E-state index contributed by atoms with van der Waals surface area (Å²) in [5, 5.41) is 2.42. The second kappa shape index (κ2) is 6.41. The van der Waals surface area contributed by atoms with E-state index in [1.807, 2.05) is 0 Å². The largest absolute Gasteiger partial charge is 0.468 e. The summed E-state index contributed by atoms with van der Waals surface area (Å²) in [6.45, 7) is 0.448. The molecule has 18 heavy (non-hydrogen) atoms. The molecule has 0 fully saturated rings. The van der Waals surface area contributed by atoms with E-state index in [0.29, 0.717) is 5.76 Å². The Kier molecular flexibility index (Phi) is 5.17. The molecule has 0 atom stereocenters. The number of rotatable bonds is 6. The second-order valence-corrected chi connectivity index (χ2v) is 5.58. The van der Waals surface area contributed by atoms with E-state index >= 15 is 0 Å². The van der Waals surface area contributed by atoms with Gasteiger partial charge in [-0.25, -0.2) is 13.2 Å². The average molecular weight is 276 g/mol. The van der Waals surface area contributed by atoms with Gasteiger partial charge in [0.1, 0.15) is 5.76 Å². The Morgan fingerprint density at radius 1 is 1.56 bits per heavy atom. The van der Waals surface area contributed by atoms with Gasteiger partial charge in [0.25, 0.3) is 0 Å². The number of hydrogen-bond acceptors (Lipinski definition) is 5. The van der Waals surface area contributed by atoms with Crippen LogP contribution in [0.2, 0.25) is 0 Å². The zero-order valence-electron chi connectivity index (χ0n) is 10.3. The van der Waals surface area contributed by atoms with Crippen molar-refractivity contribution < 1.29 is 22.4 Å². The monoisotopic (exact) mass is 276 g/mol. The van der Waals surface area contributed by atoms with Crippen LogP contribution < -0.4 is 5.32 Å². The van der Waals surface area contributed by atoms with Crippen LogP contribution in [-0.4, -0.2) is 45.3 Å². The number of sulfonamides is 1. The van der Waals surface area contributed by atoms with Gasteiger partial charge in [0, 0.05) is 13.1 Å². The van der Waals surface area contributed by atoms with Gasteiger partial charge < -0.3 is 14.5 Å². The van der Waals surface area contributed by atoms with E-state index in [1.165, 1.54) is 17.7 Å². The molecular weight excluding hydrogens is 260 g/mol. The number of alkyl carbamates (subject to hydrolysis) is 1. The Balaban J connectivity index is 2.55. The Hall–Kier alpha value is -1.54. The van der Waals surface area contributed by atoms with Crippen LogP contribution in [0.3, 0.4) is 0 Å². The van der Waals surface area contributed by atoms with Gasteiger partial charge in [0.2, 0.25) is 10.0 Å². The number of nitrogens with one attached hydrogen (secondary N) is 1. The molecule has 0 spiro atoms. The molecule has 0 aromatic carbocycles. The number of nitrogens with zero attached hydrogens (tertiary/aromatic N) is 1. The lowest BCUT2D eigenvalue weighted by molar-refractivity contribution is 0.170. The molecule has 1 N–H and O–H groups in total. The van der Waals surface area contributed by atoms with E-state index < -0.39 is 16.1 Å². The third-order valence-electron chi connectivity index (χ3n) is 2.20. The van der Waals surface area contributed by atoms with Gasteiger partial charge in [0.15, 0.2) is 0 Å². The number of carbonyl (C=O) groups is 1. The Labute approximate surface area is 106 Å². The van der Waals surface area contributed by atoms with Gasteiger partial charge in [0.05, 0.1) is 26.2 Å². The summed E-state index contributed by atoms with van der Waals surface area (Å²) in [6, 6.07) is 3.37. The van der Waals surface area contributed by atoms with Gasteiger partial charge in [-0.3, -0.25) is 0 Å². The number of carbonyl (C=O) groups excluding carboxylic acids is 1. The summed E-state index contributed by atoms with van der Waals surface area (Å²) >= 11 is 0. The van der Waals surface area contributed by atoms with E-state index in [4.69, 9.17) is 4.42 Å². The van der Waals surface area contributed by atoms with Crippen LogP contribution >= 0.6 is 0 Å². The first-order valence-electron chi connectivity index (χ1n) is 5.23. The second-order valence-electron chi connectivity index (χ2n) is 3.59. The minimum absolute atomic E-state index is 0.134. The summed E-state index contributed by atoms with van der Waals surface area (Å²) < 4.78 is 33.8. The Morgan fingerprint density at radius 2 is 2.28 bits per heavy atom. The zero-order chi connectivity index (χ0) is 13.6. The van der Waals surface area contributed by atoms with E-state index in [-0.39, 0.29) is 19.6 Å². The topological polar surface area (TPSA) is 88.8 Å². The molecule has 102 valence electrons. The smallest absolute Gasteiger partial charge is 0.406 e. The molecular formula is C10H16N2O5S. The van der Waals surface area contributed by atoms with Crippen molar-refractivity contribution in [1.29, 1.82) is 0 Å². The molecule has 1 amide bonds. The van der Waals surface area contributed by atoms with Crippen LogP contribution in [0.25, 0.3) is 0 Å². The van der Waals surface area contributed by atoms with E-state index in [0.717, 1.165) is 6.26 Å². The van der Waals surface area contributed by atoms with Crippen molar-refractivity contribution in [3.63, 3.8) is 0 Å². The van der Waals surface area contributed by atoms with Gasteiger partial charge in [-0.1, -0.05) is 0 Å². The van der Waals surface area contributed by atoms with Gasteiger partial charge in [-0.2, -0.15) is 4.31 Å². The molecule has 1 aromatic rings. The standard InChI is InChI=1S/C10H16N2O5S/c1-16-10(13)11-5-6-12(18(2,14)15)8-9-4-3-7-17-9/h3-4,7H,5-6,8H2,1-2H3,(H,11,13). The number of methoxy groups -OCH3 is 1. The molecule has 1 aromatic heterocycles. The maximum Gasteiger partial charge on any atom is 0.406 e. The van der Waals surface area contributed by atoms with Gasteiger partial charge >= 0.3 is 6.09 Å². The molecule has 7 nitrogen and oxygen atoms in total. The highest BCUT2D eigenvalue weighted by atomic mass is 32.2. The van der Waals surface area contributed by atoms with Gasteiger partial charge in [-0.05, 0) is 12.1 Å². The number of amides is 1. The van der Waals surface area contributed by atoms with Crippen LogP contribution in [0.5, 0.6) is 0 Å². The van der Waals surface area contributed by atoms with Crippen molar-refractivity contribution in [2.75, 3.05) is 26.5 Å². The van der Waals surface area contributed by atoms with Crippen molar-refractivity contribution in [2.24, 2.45) is 0 Å². The zero-order valence-corrected chi connectivity index (χ0v) is 11.1. The fourth-order valence-corrected chi connectivity index (χ4v) is 2.08. The number of furan rings is 1. The van der Waals surface area contributed by atoms with Crippen LogP contribution in [0, 0.1) is 0 Å². The quantitative estimate of drug-likeness (QED) is 0.812. The summed E-state index contributed by atoms with van der Waals surface area (Å²) in [7, 11) is -2.12. The molecule has 1 rings (SSSR count). The minimum Gasteiger partial charge on any atom is -0.468 e. The summed E-state index contributed by atoms with van der Waals surface area (Å²) in [5.41, 5.74) is 0. The highest BCUT2D eigenvalue weighted by molar-refractivity contribution is 7.88. The molecule has 0 aliphatic heterocycles. The van der Waals surface area contributed by atoms with Gasteiger partial charge in [-0.15, -0.1) is 0 Å². The van der Waals surface area contributed by atoms with Crippen LogP contribution in [0.4, 0.5) is 4.79 Å². The van der Waals surface area contributed by atoms with E-state index in [2.05, 4.69) is 10.1 Å². The van der Waals surface area contributed by atoms with Crippen LogP contribution in [0.1, 0.15) is 5.76 Å². The SMILES string of the molecule is COC(=O)NCCN(Cc1ccco1)S(C)(=O)=O. The first-order valence-corrected chi connectivity index (χ1v) is 7.07. The van der Waals surface area contributed by atoms with Crippen molar-refractivity contribution in [1.82, 2.24) is 9.62 Å². The van der Waals surface area contributed by atoms with E-state index in [9.17, 15) is 13.2 Å². The lowest BCUT2D eigenvalue weighted by Crippen LogP contribution is -2.37. The molecule has 0 bridgehead atoms. The predicted molar refractivity (Wildman–Crippen MR) is 64.4 cm³/mol. The first-order chi connectivity index (χ1) is 8.43. The predicted octanol–water partition coefficient (Wildman–Crippen LogP) is 0.397. The van der Waals surface area contributed by atoms with Crippen molar-refractivity contribution >= 4 is 16.1 Å². The number of ether oxygens (including phenoxy) is 1. The summed E-state index contributed by atoms with van der Waals surface area (Å²) in [6.07, 6.45) is 1.98. The number of hydrogen-bond donors (Lipinski definition) is 1. The molecule has 0 radical (unpaired) electrons. The Bertz CT molecular complexity index is 468. The molecule has 0 unspecified atom stereocenters. The Morgan fingerprint density at radius 3 is 2.78 bits per heavy atom. The fourth-order valence-electron chi connectivity index (χ4n) is 1.29. The normalized spacial score (nSPS) is 11.5. The van der Waals surface area contributed by atoms with Crippen molar-refractivity contribution in [2.45, 2.75) is 6.54 Å². The third kappa shape index (κ3) is 4.76. The van der Waals surface area contributed by atoms with Crippen molar-refractivity contribution in [3.05, 3.63) is 24.2 Å². The summed E-state index contributed by atoms with van der Waals surface area (Å²) in [5.74, 6) is 0.540. The summed E-state index contributed by atoms with van der Waals surface area (Å²) in [4.78, 5) is 10.8. The molecule has 0 aliphatic carbocycles. The molecule has 0 saturated heterocycles. The van der Waals surface area contributed by atoms with Crippen LogP contribution in [0.15, 0.2) is 22.8 Å². The lowest BCUT2D eigenvalue weighted by atomic mass is 10.4. The highest BCUT2D eigenvalue weighted by Crippen LogP contribution is 2.08. The van der Waals surface area contributed by atoms with Crippen molar-refractivity contribution in [3.8, 4) is 0 Å². The first kappa shape index (κ1) is 14.5. The minimum atomic E-state index is -3.36. The molecule has 1 heterocycles. The lowest BCUT2D eigenvalue weighted by Gasteiger charge is -2.18. The fraction of sp³-hybridized carbons (Fsp3) is 0.500. The van der Waals surface area contributed by atoms with Crippen LogP contribution in [-0.2, 0) is 21.3 Å². The molecule has 8 heteroatoms. The van der Waals surface area contributed by atoms with E-state index in [1.54, 1.807) is 12.1 Å². The maximum absolute atomic E-state index is 11.5.